The number of sulfonamides is 1. The number of aromatic nitrogens is 3. The molecular formula is C17H21N5O3S. The van der Waals surface area contributed by atoms with Crippen LogP contribution < -0.4 is 10.0 Å². The Kier molecular flexibility index (Phi) is 4.41. The SMILES string of the molecule is CCCS(=O)(=O)NC1CC(Nc2c(-c3ncco3)cnc3[nH]ccc23)C1. The fourth-order valence-corrected chi connectivity index (χ4v) is 4.66. The molecule has 0 aromatic carbocycles. The highest BCUT2D eigenvalue weighted by Crippen LogP contribution is 2.35. The number of H-pyrrole nitrogens is 1. The molecule has 1 fully saturated rings. The zero-order chi connectivity index (χ0) is 18.1. The predicted octanol–water partition coefficient (Wildman–Crippen LogP) is 2.49. The summed E-state index contributed by atoms with van der Waals surface area (Å²) < 4.78 is 32.0. The van der Waals surface area contributed by atoms with E-state index in [2.05, 4.69) is 25.0 Å². The minimum Gasteiger partial charge on any atom is -0.444 e. The number of rotatable bonds is 7. The van der Waals surface area contributed by atoms with Gasteiger partial charge in [0.05, 0.1) is 23.2 Å². The van der Waals surface area contributed by atoms with Crippen molar-refractivity contribution in [2.24, 2.45) is 0 Å². The molecule has 0 aliphatic heterocycles. The van der Waals surface area contributed by atoms with Gasteiger partial charge < -0.3 is 14.7 Å². The number of nitrogens with zero attached hydrogens (tertiary/aromatic N) is 2. The van der Waals surface area contributed by atoms with Crippen molar-refractivity contribution in [3.8, 4) is 11.5 Å². The Hall–Kier alpha value is -2.39. The molecule has 0 unspecified atom stereocenters. The average molecular weight is 375 g/mol. The van der Waals surface area contributed by atoms with Crippen LogP contribution in [-0.4, -0.2) is 41.2 Å². The van der Waals surface area contributed by atoms with Gasteiger partial charge in [0.15, 0.2) is 0 Å². The molecule has 0 spiro atoms. The molecule has 138 valence electrons. The zero-order valence-corrected chi connectivity index (χ0v) is 15.2. The van der Waals surface area contributed by atoms with Crippen LogP contribution in [0.4, 0.5) is 5.69 Å². The van der Waals surface area contributed by atoms with Crippen LogP contribution in [0, 0.1) is 0 Å². The molecule has 3 N–H and O–H groups in total. The molecule has 1 aliphatic carbocycles. The standard InChI is InChI=1S/C17H21N5O3S/c1-2-7-26(23,24)22-12-8-11(9-12)21-15-13-3-4-18-16(13)20-10-14(15)17-19-5-6-25-17/h3-6,10-12,22H,2,7-9H2,1H3,(H2,18,20,21). The van der Waals surface area contributed by atoms with Gasteiger partial charge in [0.1, 0.15) is 11.9 Å². The van der Waals surface area contributed by atoms with E-state index in [1.807, 2.05) is 19.2 Å². The van der Waals surface area contributed by atoms with Gasteiger partial charge in [-0.25, -0.2) is 23.1 Å². The molecular weight excluding hydrogens is 354 g/mol. The van der Waals surface area contributed by atoms with E-state index in [1.54, 1.807) is 12.4 Å². The Morgan fingerprint density at radius 2 is 2.15 bits per heavy atom. The van der Waals surface area contributed by atoms with Crippen LogP contribution in [0.5, 0.6) is 0 Å². The van der Waals surface area contributed by atoms with Gasteiger partial charge in [-0.15, -0.1) is 0 Å². The molecule has 3 heterocycles. The van der Waals surface area contributed by atoms with Crippen LogP contribution in [0.1, 0.15) is 26.2 Å². The van der Waals surface area contributed by atoms with E-state index in [9.17, 15) is 8.42 Å². The number of fused-ring (bicyclic) bond motifs is 1. The predicted molar refractivity (Wildman–Crippen MR) is 99.2 cm³/mol. The van der Waals surface area contributed by atoms with Gasteiger partial charge in [0.25, 0.3) is 0 Å². The van der Waals surface area contributed by atoms with Gasteiger partial charge in [-0.3, -0.25) is 0 Å². The summed E-state index contributed by atoms with van der Waals surface area (Å²) in [5.74, 6) is 0.673. The molecule has 3 aromatic rings. The molecule has 0 saturated heterocycles. The highest BCUT2D eigenvalue weighted by molar-refractivity contribution is 7.89. The molecule has 4 rings (SSSR count). The topological polar surface area (TPSA) is 113 Å². The number of oxazole rings is 1. The lowest BCUT2D eigenvalue weighted by atomic mass is 9.87. The molecule has 0 bridgehead atoms. The van der Waals surface area contributed by atoms with Gasteiger partial charge in [-0.1, -0.05) is 6.92 Å². The summed E-state index contributed by atoms with van der Waals surface area (Å²) >= 11 is 0. The van der Waals surface area contributed by atoms with Crippen molar-refractivity contribution in [1.82, 2.24) is 19.7 Å². The maximum absolute atomic E-state index is 11.9. The first-order valence-corrected chi connectivity index (χ1v) is 10.3. The van der Waals surface area contributed by atoms with Crippen molar-refractivity contribution < 1.29 is 12.8 Å². The average Bonchev–Trinajstić information content (AvgIpc) is 3.24. The lowest BCUT2D eigenvalue weighted by molar-refractivity contribution is 0.346. The first-order valence-electron chi connectivity index (χ1n) is 8.68. The summed E-state index contributed by atoms with van der Waals surface area (Å²) in [4.78, 5) is 11.7. The molecule has 8 nitrogen and oxygen atoms in total. The second-order valence-corrected chi connectivity index (χ2v) is 8.44. The highest BCUT2D eigenvalue weighted by atomic mass is 32.2. The van der Waals surface area contributed by atoms with Crippen LogP contribution in [0.15, 0.2) is 35.3 Å². The van der Waals surface area contributed by atoms with Crippen LogP contribution in [-0.2, 0) is 10.0 Å². The fraction of sp³-hybridized carbons (Fsp3) is 0.412. The Bertz CT molecular complexity index is 991. The van der Waals surface area contributed by atoms with Crippen LogP contribution in [0.2, 0.25) is 0 Å². The molecule has 1 saturated carbocycles. The van der Waals surface area contributed by atoms with E-state index >= 15 is 0 Å². The van der Waals surface area contributed by atoms with E-state index in [4.69, 9.17) is 4.42 Å². The number of aromatic amines is 1. The van der Waals surface area contributed by atoms with E-state index in [0.717, 1.165) is 35.1 Å². The smallest absolute Gasteiger partial charge is 0.229 e. The monoisotopic (exact) mass is 375 g/mol. The molecule has 0 amide bonds. The van der Waals surface area contributed by atoms with E-state index in [1.165, 1.54) is 6.26 Å². The Balaban J connectivity index is 1.52. The number of anilines is 1. The summed E-state index contributed by atoms with van der Waals surface area (Å²) in [5, 5.41) is 4.47. The Morgan fingerprint density at radius 3 is 2.88 bits per heavy atom. The Morgan fingerprint density at radius 1 is 1.31 bits per heavy atom. The minimum absolute atomic E-state index is 0.0159. The van der Waals surface area contributed by atoms with Crippen molar-refractivity contribution in [2.75, 3.05) is 11.1 Å². The van der Waals surface area contributed by atoms with E-state index in [-0.39, 0.29) is 17.8 Å². The maximum atomic E-state index is 11.9. The van der Waals surface area contributed by atoms with Crippen molar-refractivity contribution in [2.45, 2.75) is 38.3 Å². The third-order valence-corrected chi connectivity index (χ3v) is 6.19. The lowest BCUT2D eigenvalue weighted by Gasteiger charge is -2.37. The van der Waals surface area contributed by atoms with Gasteiger partial charge in [-0.2, -0.15) is 0 Å². The molecule has 0 radical (unpaired) electrons. The zero-order valence-electron chi connectivity index (χ0n) is 14.4. The first-order chi connectivity index (χ1) is 12.6. The van der Waals surface area contributed by atoms with Crippen molar-refractivity contribution in [1.29, 1.82) is 0 Å². The number of hydrogen-bond donors (Lipinski definition) is 3. The second kappa shape index (κ2) is 6.73. The molecule has 9 heteroatoms. The van der Waals surface area contributed by atoms with Crippen LogP contribution in [0.25, 0.3) is 22.5 Å². The fourth-order valence-electron chi connectivity index (χ4n) is 3.30. The molecule has 1 aliphatic rings. The third-order valence-electron chi connectivity index (χ3n) is 4.55. The van der Waals surface area contributed by atoms with Crippen molar-refractivity contribution in [3.63, 3.8) is 0 Å². The molecule has 0 atom stereocenters. The lowest BCUT2D eigenvalue weighted by Crippen LogP contribution is -2.50. The van der Waals surface area contributed by atoms with Crippen molar-refractivity contribution >= 4 is 26.7 Å². The third kappa shape index (κ3) is 3.32. The summed E-state index contributed by atoms with van der Waals surface area (Å²) in [6, 6.07) is 2.12. The summed E-state index contributed by atoms with van der Waals surface area (Å²) in [7, 11) is -3.18. The van der Waals surface area contributed by atoms with Gasteiger partial charge in [0, 0.05) is 29.9 Å². The summed E-state index contributed by atoms with van der Waals surface area (Å²) in [6.45, 7) is 1.86. The van der Waals surface area contributed by atoms with Crippen LogP contribution in [0.3, 0.4) is 0 Å². The van der Waals surface area contributed by atoms with E-state index < -0.39 is 10.0 Å². The molecule has 26 heavy (non-hydrogen) atoms. The normalized spacial score (nSPS) is 20.2. The van der Waals surface area contributed by atoms with Gasteiger partial charge in [0.2, 0.25) is 15.9 Å². The second-order valence-electron chi connectivity index (χ2n) is 6.57. The number of pyridine rings is 1. The highest BCUT2D eigenvalue weighted by Gasteiger charge is 2.33. The van der Waals surface area contributed by atoms with Crippen molar-refractivity contribution in [3.05, 3.63) is 30.9 Å². The number of nitrogens with one attached hydrogen (secondary N) is 3. The molecule has 3 aromatic heterocycles. The largest absolute Gasteiger partial charge is 0.444 e. The minimum atomic E-state index is -3.18. The Labute approximate surface area is 151 Å². The van der Waals surface area contributed by atoms with E-state index in [0.29, 0.717) is 12.3 Å². The quantitative estimate of drug-likeness (QED) is 0.585. The van der Waals surface area contributed by atoms with Gasteiger partial charge >= 0.3 is 0 Å². The maximum Gasteiger partial charge on any atom is 0.229 e. The number of hydrogen-bond acceptors (Lipinski definition) is 6. The van der Waals surface area contributed by atoms with Crippen LogP contribution >= 0.6 is 0 Å². The first kappa shape index (κ1) is 17.0. The summed E-state index contributed by atoms with van der Waals surface area (Å²) in [5.41, 5.74) is 2.47. The van der Waals surface area contributed by atoms with Gasteiger partial charge in [-0.05, 0) is 25.3 Å². The summed E-state index contributed by atoms with van der Waals surface area (Å²) in [6.07, 6.45) is 8.79.